The molecule has 6 heteroatoms. The van der Waals surface area contributed by atoms with E-state index in [0.29, 0.717) is 0 Å². The molecule has 1 heterocycles. The number of hydrogen-bond acceptors (Lipinski definition) is 6. The molecule has 6 nitrogen and oxygen atoms in total. The van der Waals surface area contributed by atoms with Crippen LogP contribution in [0.15, 0.2) is 30.3 Å². The summed E-state index contributed by atoms with van der Waals surface area (Å²) in [5.74, 6) is -0.493. The highest BCUT2D eigenvalue weighted by Gasteiger charge is 2.45. The summed E-state index contributed by atoms with van der Waals surface area (Å²) >= 11 is 0. The highest BCUT2D eigenvalue weighted by atomic mass is 16.7. The maximum Gasteiger partial charge on any atom is 0.303 e. The lowest BCUT2D eigenvalue weighted by atomic mass is 9.99. The molecule has 0 aromatic heterocycles. The van der Waals surface area contributed by atoms with Crippen LogP contribution in [-0.2, 0) is 25.6 Å². The second-order valence-corrected chi connectivity index (χ2v) is 5.06. The van der Waals surface area contributed by atoms with Gasteiger partial charge in [0, 0.05) is 6.92 Å². The van der Waals surface area contributed by atoms with Crippen molar-refractivity contribution in [1.29, 1.82) is 0 Å². The number of carbonyl (C=O) groups is 1. The lowest BCUT2D eigenvalue weighted by molar-refractivity contribution is -0.290. The summed E-state index contributed by atoms with van der Waals surface area (Å²) in [6.07, 6.45) is -4.85. The maximum absolute atomic E-state index is 11.2. The molecule has 2 N–H and O–H groups in total. The molecule has 1 aromatic rings. The number of carbonyl (C=O) groups excluding carboxylic acids is 1. The topological polar surface area (TPSA) is 85.2 Å². The zero-order chi connectivity index (χ0) is 15.4. The fraction of sp³-hybridized carbons (Fsp3) is 0.533. The highest BCUT2D eigenvalue weighted by Crippen LogP contribution is 2.25. The van der Waals surface area contributed by atoms with Gasteiger partial charge in [0.25, 0.3) is 0 Å². The molecule has 1 aliphatic heterocycles. The van der Waals surface area contributed by atoms with Crippen molar-refractivity contribution in [3.05, 3.63) is 35.9 Å². The van der Waals surface area contributed by atoms with E-state index in [1.54, 1.807) is 6.92 Å². The third-order valence-electron chi connectivity index (χ3n) is 3.36. The molecule has 0 bridgehead atoms. The summed E-state index contributed by atoms with van der Waals surface area (Å²) < 4.78 is 16.0. The zero-order valence-corrected chi connectivity index (χ0v) is 12.0. The average Bonchev–Trinajstić information content (AvgIpc) is 2.45. The summed E-state index contributed by atoms with van der Waals surface area (Å²) in [4.78, 5) is 11.2. The molecule has 0 spiro atoms. The van der Waals surface area contributed by atoms with Crippen LogP contribution in [0.4, 0.5) is 0 Å². The van der Waals surface area contributed by atoms with Crippen LogP contribution in [-0.4, -0.2) is 46.9 Å². The summed E-state index contributed by atoms with van der Waals surface area (Å²) in [5, 5.41) is 19.7. The molecule has 1 fully saturated rings. The van der Waals surface area contributed by atoms with Gasteiger partial charge in [0.2, 0.25) is 0 Å². The second-order valence-electron chi connectivity index (χ2n) is 5.06. The predicted octanol–water partition coefficient (Wildman–Crippen LogP) is 0.601. The lowest BCUT2D eigenvalue weighted by Crippen LogP contribution is -2.58. The van der Waals surface area contributed by atoms with Crippen LogP contribution in [0.2, 0.25) is 0 Å². The Morgan fingerprint density at radius 3 is 2.52 bits per heavy atom. The smallest absolute Gasteiger partial charge is 0.303 e. The fourth-order valence-electron chi connectivity index (χ4n) is 2.32. The van der Waals surface area contributed by atoms with Crippen LogP contribution in [0, 0.1) is 0 Å². The minimum atomic E-state index is -1.37. The van der Waals surface area contributed by atoms with E-state index in [1.807, 2.05) is 30.3 Å². The quantitative estimate of drug-likeness (QED) is 0.792. The normalized spacial score (nSPS) is 32.7. The monoisotopic (exact) mass is 296 g/mol. The van der Waals surface area contributed by atoms with Gasteiger partial charge < -0.3 is 24.4 Å². The van der Waals surface area contributed by atoms with Crippen molar-refractivity contribution in [3.63, 3.8) is 0 Å². The maximum atomic E-state index is 11.2. The number of esters is 1. The minimum absolute atomic E-state index is 0.236. The van der Waals surface area contributed by atoms with Crippen LogP contribution < -0.4 is 0 Å². The third kappa shape index (κ3) is 4.01. The Hall–Kier alpha value is -1.47. The summed E-state index contributed by atoms with van der Waals surface area (Å²) in [6.45, 7) is 3.17. The Morgan fingerprint density at radius 2 is 1.90 bits per heavy atom. The van der Waals surface area contributed by atoms with Gasteiger partial charge in [-0.05, 0) is 12.5 Å². The molecule has 21 heavy (non-hydrogen) atoms. The molecule has 0 amide bonds. The van der Waals surface area contributed by atoms with Gasteiger partial charge >= 0.3 is 5.97 Å². The van der Waals surface area contributed by atoms with E-state index in [1.165, 1.54) is 6.92 Å². The minimum Gasteiger partial charge on any atom is -0.457 e. The van der Waals surface area contributed by atoms with Gasteiger partial charge in [0.1, 0.15) is 12.2 Å². The Balaban J connectivity index is 2.08. The summed E-state index contributed by atoms with van der Waals surface area (Å²) in [5.41, 5.74) is 0.917. The third-order valence-corrected chi connectivity index (χ3v) is 3.36. The van der Waals surface area contributed by atoms with E-state index in [4.69, 9.17) is 14.2 Å². The van der Waals surface area contributed by atoms with Crippen molar-refractivity contribution in [1.82, 2.24) is 0 Å². The standard InChI is InChI=1S/C15H20O6/c1-9-13(21-10(2)16)14(12(17)15(18)20-9)19-8-11-6-4-3-5-7-11/h3-7,9,12-15,17-18H,8H2,1-2H3/t9-,12+,13-,14-,15-/m0/s1. The first-order chi connectivity index (χ1) is 9.99. The summed E-state index contributed by atoms with van der Waals surface area (Å²) in [7, 11) is 0. The molecule has 116 valence electrons. The Labute approximate surface area is 123 Å². The number of aliphatic hydroxyl groups is 2. The van der Waals surface area contributed by atoms with Gasteiger partial charge in [-0.1, -0.05) is 30.3 Å². The van der Waals surface area contributed by atoms with E-state index in [0.717, 1.165) is 5.56 Å². The van der Waals surface area contributed by atoms with E-state index in [-0.39, 0.29) is 6.61 Å². The van der Waals surface area contributed by atoms with Gasteiger partial charge in [-0.15, -0.1) is 0 Å². The van der Waals surface area contributed by atoms with Crippen molar-refractivity contribution in [2.45, 2.75) is 51.2 Å². The van der Waals surface area contributed by atoms with Crippen molar-refractivity contribution >= 4 is 5.97 Å². The molecule has 0 saturated carbocycles. The zero-order valence-electron chi connectivity index (χ0n) is 12.0. The Kier molecular flexibility index (Phi) is 5.30. The number of ether oxygens (including phenoxy) is 3. The summed E-state index contributed by atoms with van der Waals surface area (Å²) in [6, 6.07) is 9.40. The van der Waals surface area contributed by atoms with Crippen LogP contribution in [0.1, 0.15) is 19.4 Å². The molecule has 0 aliphatic carbocycles. The van der Waals surface area contributed by atoms with E-state index >= 15 is 0 Å². The van der Waals surface area contributed by atoms with Crippen molar-refractivity contribution in [3.8, 4) is 0 Å². The van der Waals surface area contributed by atoms with Gasteiger partial charge in [0.15, 0.2) is 12.4 Å². The van der Waals surface area contributed by atoms with Crippen LogP contribution in [0.25, 0.3) is 0 Å². The number of rotatable bonds is 4. The van der Waals surface area contributed by atoms with E-state index < -0.39 is 36.7 Å². The van der Waals surface area contributed by atoms with E-state index in [9.17, 15) is 15.0 Å². The Bertz CT molecular complexity index is 462. The first-order valence-corrected chi connectivity index (χ1v) is 6.83. The molecule has 1 aromatic carbocycles. The largest absolute Gasteiger partial charge is 0.457 e. The molecular formula is C15H20O6. The first-order valence-electron chi connectivity index (χ1n) is 6.83. The predicted molar refractivity (Wildman–Crippen MR) is 73.1 cm³/mol. The fourth-order valence-corrected chi connectivity index (χ4v) is 2.32. The van der Waals surface area contributed by atoms with Crippen molar-refractivity contribution in [2.75, 3.05) is 0 Å². The second kappa shape index (κ2) is 7.00. The molecule has 0 radical (unpaired) electrons. The average molecular weight is 296 g/mol. The number of benzene rings is 1. The number of aliphatic hydroxyl groups excluding tert-OH is 2. The first kappa shape index (κ1) is 15.9. The van der Waals surface area contributed by atoms with Crippen LogP contribution >= 0.6 is 0 Å². The Morgan fingerprint density at radius 1 is 1.24 bits per heavy atom. The van der Waals surface area contributed by atoms with Gasteiger partial charge in [0.05, 0.1) is 12.7 Å². The SMILES string of the molecule is CC(=O)O[C@@H]1[C@@H](OCc2ccccc2)[C@@H](O)[C@@H](O)O[C@H]1C. The molecule has 1 saturated heterocycles. The molecule has 1 aliphatic rings. The van der Waals surface area contributed by atoms with E-state index in [2.05, 4.69) is 0 Å². The van der Waals surface area contributed by atoms with Gasteiger partial charge in [-0.2, -0.15) is 0 Å². The molecular weight excluding hydrogens is 276 g/mol. The van der Waals surface area contributed by atoms with Gasteiger partial charge in [-0.25, -0.2) is 0 Å². The number of hydrogen-bond donors (Lipinski definition) is 2. The molecule has 5 atom stereocenters. The van der Waals surface area contributed by atoms with Crippen molar-refractivity contribution < 1.29 is 29.2 Å². The van der Waals surface area contributed by atoms with Crippen LogP contribution in [0.5, 0.6) is 0 Å². The molecule has 0 unspecified atom stereocenters. The van der Waals surface area contributed by atoms with Crippen LogP contribution in [0.3, 0.4) is 0 Å². The lowest BCUT2D eigenvalue weighted by Gasteiger charge is -2.41. The van der Waals surface area contributed by atoms with Crippen molar-refractivity contribution in [2.24, 2.45) is 0 Å². The molecule has 2 rings (SSSR count). The van der Waals surface area contributed by atoms with Gasteiger partial charge in [-0.3, -0.25) is 4.79 Å². The highest BCUT2D eigenvalue weighted by molar-refractivity contribution is 5.66.